The number of hydrazone groups is 1. The van der Waals surface area contributed by atoms with E-state index in [9.17, 15) is 4.39 Å². The molecule has 3 N–H and O–H groups in total. The second-order valence-electron chi connectivity index (χ2n) is 6.64. The number of piperazine rings is 1. The molecule has 1 aromatic heterocycles. The zero-order chi connectivity index (χ0) is 18.1. The Balaban J connectivity index is 1.34. The van der Waals surface area contributed by atoms with Crippen LogP contribution in [0.15, 0.2) is 45.9 Å². The Morgan fingerprint density at radius 3 is 2.77 bits per heavy atom. The van der Waals surface area contributed by atoms with Crippen LogP contribution in [-0.4, -0.2) is 41.4 Å². The summed E-state index contributed by atoms with van der Waals surface area (Å²) in [5.41, 5.74) is 8.91. The fourth-order valence-electron chi connectivity index (χ4n) is 3.80. The molecule has 2 bridgehead atoms. The molecule has 2 fully saturated rings. The molecule has 0 amide bonds. The van der Waals surface area contributed by atoms with Crippen LogP contribution < -0.4 is 16.1 Å². The van der Waals surface area contributed by atoms with E-state index in [1.807, 2.05) is 24.3 Å². The van der Waals surface area contributed by atoms with Gasteiger partial charge in [-0.25, -0.2) is 4.39 Å². The third-order valence-corrected chi connectivity index (χ3v) is 5.01. The molecular weight excluding hydrogens is 353 g/mol. The average Bonchev–Trinajstić information content (AvgIpc) is 3.31. The van der Waals surface area contributed by atoms with Crippen molar-refractivity contribution in [1.82, 2.24) is 10.3 Å². The Bertz CT molecular complexity index is 821. The zero-order valence-corrected chi connectivity index (χ0v) is 15.0. The van der Waals surface area contributed by atoms with E-state index in [1.165, 1.54) is 12.1 Å². The number of likely N-dealkylation sites (tertiary alicyclic amines) is 1. The predicted molar refractivity (Wildman–Crippen MR) is 103 cm³/mol. The molecule has 2 aliphatic rings. The van der Waals surface area contributed by atoms with Gasteiger partial charge in [0.15, 0.2) is 5.11 Å². The molecule has 2 saturated heterocycles. The molecular formula is C18H20FN5OS. The Morgan fingerprint density at radius 1 is 1.27 bits per heavy atom. The van der Waals surface area contributed by atoms with Gasteiger partial charge >= 0.3 is 0 Å². The number of anilines is 1. The molecule has 2 atom stereocenters. The summed E-state index contributed by atoms with van der Waals surface area (Å²) in [5.74, 6) is 1.36. The van der Waals surface area contributed by atoms with Crippen molar-refractivity contribution >= 4 is 29.2 Å². The van der Waals surface area contributed by atoms with Crippen molar-refractivity contribution in [1.29, 1.82) is 0 Å². The van der Waals surface area contributed by atoms with Crippen LogP contribution in [0.4, 0.5) is 10.1 Å². The maximum atomic E-state index is 13.1. The second kappa shape index (κ2) is 7.05. The van der Waals surface area contributed by atoms with Crippen molar-refractivity contribution in [3.63, 3.8) is 0 Å². The zero-order valence-electron chi connectivity index (χ0n) is 14.1. The largest absolute Gasteiger partial charge is 0.459 e. The molecule has 0 saturated carbocycles. The summed E-state index contributed by atoms with van der Waals surface area (Å²) >= 11 is 4.69. The van der Waals surface area contributed by atoms with Crippen LogP contribution in [0.5, 0.6) is 0 Å². The minimum atomic E-state index is -0.194. The van der Waals surface area contributed by atoms with Crippen LogP contribution >= 0.6 is 12.2 Å². The smallest absolute Gasteiger partial charge is 0.184 e. The minimum absolute atomic E-state index is 0.117. The first-order valence-electron chi connectivity index (χ1n) is 8.52. The van der Waals surface area contributed by atoms with Crippen molar-refractivity contribution in [2.75, 3.05) is 18.0 Å². The van der Waals surface area contributed by atoms with Gasteiger partial charge in [-0.15, -0.1) is 0 Å². The highest BCUT2D eigenvalue weighted by atomic mass is 32.1. The normalized spacial score (nSPS) is 22.4. The van der Waals surface area contributed by atoms with Crippen LogP contribution in [0, 0.1) is 5.82 Å². The predicted octanol–water partition coefficient (Wildman–Crippen LogP) is 2.05. The number of nitrogens with zero attached hydrogens (tertiary/aromatic N) is 3. The average molecular weight is 373 g/mol. The van der Waals surface area contributed by atoms with Gasteiger partial charge in [0.2, 0.25) is 0 Å². The van der Waals surface area contributed by atoms with E-state index in [-0.39, 0.29) is 10.9 Å². The monoisotopic (exact) mass is 373 g/mol. The molecule has 6 nitrogen and oxygen atoms in total. The molecule has 8 heteroatoms. The molecule has 4 rings (SSSR count). The molecule has 0 aliphatic carbocycles. The first-order valence-corrected chi connectivity index (χ1v) is 8.93. The third-order valence-electron chi connectivity index (χ3n) is 4.92. The summed E-state index contributed by atoms with van der Waals surface area (Å²) in [6.45, 7) is 2.72. The van der Waals surface area contributed by atoms with Gasteiger partial charge in [-0.2, -0.15) is 5.10 Å². The van der Waals surface area contributed by atoms with Gasteiger partial charge in [0.05, 0.1) is 12.8 Å². The number of benzene rings is 1. The first kappa shape index (κ1) is 17.0. The number of nitrogens with one attached hydrogen (secondary N) is 1. The number of furan rings is 1. The van der Waals surface area contributed by atoms with Crippen LogP contribution in [-0.2, 0) is 6.54 Å². The van der Waals surface area contributed by atoms with Gasteiger partial charge in [-0.05, 0) is 55.0 Å². The lowest BCUT2D eigenvalue weighted by Gasteiger charge is -2.35. The Labute approximate surface area is 156 Å². The van der Waals surface area contributed by atoms with E-state index in [4.69, 9.17) is 10.2 Å². The maximum Gasteiger partial charge on any atom is 0.184 e. The number of fused-ring (bicyclic) bond motifs is 2. The van der Waals surface area contributed by atoms with Gasteiger partial charge in [-0.1, -0.05) is 0 Å². The van der Waals surface area contributed by atoms with Gasteiger partial charge in [0.1, 0.15) is 17.3 Å². The van der Waals surface area contributed by atoms with E-state index in [0.29, 0.717) is 17.8 Å². The van der Waals surface area contributed by atoms with E-state index in [0.717, 1.165) is 37.5 Å². The summed E-state index contributed by atoms with van der Waals surface area (Å²) in [6.07, 6.45) is 2.68. The molecule has 0 radical (unpaired) electrons. The van der Waals surface area contributed by atoms with Gasteiger partial charge in [0.25, 0.3) is 0 Å². The van der Waals surface area contributed by atoms with Crippen molar-refractivity contribution in [2.45, 2.75) is 25.0 Å². The van der Waals surface area contributed by atoms with Crippen LogP contribution in [0.25, 0.3) is 0 Å². The lowest BCUT2D eigenvalue weighted by molar-refractivity contribution is 0.212. The van der Waals surface area contributed by atoms with Crippen molar-refractivity contribution < 1.29 is 8.81 Å². The molecule has 0 spiro atoms. The third kappa shape index (κ3) is 3.56. The fraction of sp³-hybridized carbons (Fsp3) is 0.333. The summed E-state index contributed by atoms with van der Waals surface area (Å²) in [7, 11) is 0. The van der Waals surface area contributed by atoms with Crippen molar-refractivity contribution in [3.05, 3.63) is 53.7 Å². The molecule has 26 heavy (non-hydrogen) atoms. The van der Waals surface area contributed by atoms with Gasteiger partial charge in [0, 0.05) is 30.9 Å². The number of thiocarbonyl (C=S) groups is 1. The number of halogens is 1. The Kier molecular flexibility index (Phi) is 4.60. The molecule has 2 aliphatic heterocycles. The lowest BCUT2D eigenvalue weighted by atomic mass is 10.2. The first-order chi connectivity index (χ1) is 12.6. The quantitative estimate of drug-likeness (QED) is 0.475. The summed E-state index contributed by atoms with van der Waals surface area (Å²) < 4.78 is 18.9. The highest BCUT2D eigenvalue weighted by Crippen LogP contribution is 2.35. The molecule has 3 heterocycles. The second-order valence-corrected chi connectivity index (χ2v) is 7.08. The van der Waals surface area contributed by atoms with Gasteiger partial charge < -0.3 is 15.1 Å². The Hall–Kier alpha value is -2.45. The van der Waals surface area contributed by atoms with Crippen LogP contribution in [0.2, 0.25) is 0 Å². The minimum Gasteiger partial charge on any atom is -0.459 e. The van der Waals surface area contributed by atoms with E-state index < -0.39 is 0 Å². The van der Waals surface area contributed by atoms with E-state index >= 15 is 0 Å². The summed E-state index contributed by atoms with van der Waals surface area (Å²) in [5, 5.41) is 4.01. The maximum absolute atomic E-state index is 13.1. The van der Waals surface area contributed by atoms with Gasteiger partial charge in [-0.3, -0.25) is 10.3 Å². The molecule has 1 aromatic carbocycles. The SMILES string of the molecule is NC(=S)N/N=C/c1ccc(CN2C[C@@H]3C[C@H]2CN3c2ccc(F)cc2)o1. The van der Waals surface area contributed by atoms with E-state index in [1.54, 1.807) is 6.21 Å². The highest BCUT2D eigenvalue weighted by Gasteiger charge is 2.43. The number of nitrogens with two attached hydrogens (primary N) is 1. The van der Waals surface area contributed by atoms with Crippen LogP contribution in [0.3, 0.4) is 0 Å². The molecule has 2 aromatic rings. The molecule has 136 valence electrons. The van der Waals surface area contributed by atoms with Crippen LogP contribution in [0.1, 0.15) is 17.9 Å². The van der Waals surface area contributed by atoms with Crippen molar-refractivity contribution in [3.8, 4) is 0 Å². The standard InChI is InChI=1S/C18H20FN5OS/c19-12-1-3-13(4-2-12)24-10-14-7-15(24)9-23(14)11-17-6-5-16(25-17)8-21-22-18(20)26/h1-6,8,14-15H,7,9-11H2,(H3,20,22,26)/b21-8+/t14-,15-/m0/s1. The highest BCUT2D eigenvalue weighted by molar-refractivity contribution is 7.80. The lowest BCUT2D eigenvalue weighted by Crippen LogP contribution is -2.45. The summed E-state index contributed by atoms with van der Waals surface area (Å²) in [4.78, 5) is 4.82. The topological polar surface area (TPSA) is 70.0 Å². The van der Waals surface area contributed by atoms with E-state index in [2.05, 4.69) is 32.5 Å². The number of hydrogen-bond donors (Lipinski definition) is 2. The number of rotatable bonds is 5. The summed E-state index contributed by atoms with van der Waals surface area (Å²) in [6, 6.07) is 11.6. The molecule has 0 unspecified atom stereocenters. The number of hydrogen-bond acceptors (Lipinski definition) is 5. The fourth-order valence-corrected chi connectivity index (χ4v) is 3.85. The van der Waals surface area contributed by atoms with Crippen molar-refractivity contribution in [2.24, 2.45) is 10.8 Å². The Morgan fingerprint density at radius 2 is 2.08 bits per heavy atom.